The van der Waals surface area contributed by atoms with E-state index < -0.39 is 7.92 Å². The molecule has 0 spiro atoms. The summed E-state index contributed by atoms with van der Waals surface area (Å²) in [6.07, 6.45) is 2.40. The molecule has 0 radical (unpaired) electrons. The lowest BCUT2D eigenvalue weighted by Crippen LogP contribution is -2.37. The highest BCUT2D eigenvalue weighted by atomic mass is 31.1. The predicted molar refractivity (Wildman–Crippen MR) is 135 cm³/mol. The summed E-state index contributed by atoms with van der Waals surface area (Å²) in [5.41, 5.74) is 1.40. The Morgan fingerprint density at radius 2 is 1.45 bits per heavy atom. The molecule has 0 bridgehead atoms. The lowest BCUT2D eigenvalue weighted by Gasteiger charge is -2.32. The van der Waals surface area contributed by atoms with Crippen molar-refractivity contribution < 1.29 is 4.74 Å². The van der Waals surface area contributed by atoms with Crippen molar-refractivity contribution in [1.29, 1.82) is 0 Å². The number of benzene rings is 4. The Kier molecular flexibility index (Phi) is 6.02. The second-order valence-corrected chi connectivity index (χ2v) is 10.3. The van der Waals surface area contributed by atoms with Crippen LogP contribution >= 0.6 is 7.92 Å². The number of methoxy groups -OCH3 is 1. The molecule has 0 amide bonds. The van der Waals surface area contributed by atoms with Crippen LogP contribution in [-0.2, 0) is 4.74 Å². The van der Waals surface area contributed by atoms with Crippen LogP contribution in [0.1, 0.15) is 12.8 Å². The summed E-state index contributed by atoms with van der Waals surface area (Å²) >= 11 is 0. The lowest BCUT2D eigenvalue weighted by atomic mass is 10.1. The van der Waals surface area contributed by atoms with E-state index in [1.807, 2.05) is 7.11 Å². The first-order valence-electron chi connectivity index (χ1n) is 11.0. The van der Waals surface area contributed by atoms with E-state index in [0.29, 0.717) is 6.04 Å². The Bertz CT molecular complexity index is 1110. The number of hydrogen-bond donors (Lipinski definition) is 0. The molecule has 0 aromatic heterocycles. The Labute approximate surface area is 186 Å². The van der Waals surface area contributed by atoms with Gasteiger partial charge in [-0.2, -0.15) is 0 Å². The second-order valence-electron chi connectivity index (χ2n) is 8.11. The third-order valence-corrected chi connectivity index (χ3v) is 8.64. The molecule has 1 saturated heterocycles. The van der Waals surface area contributed by atoms with Gasteiger partial charge >= 0.3 is 0 Å². The van der Waals surface area contributed by atoms with E-state index in [2.05, 4.69) is 102 Å². The van der Waals surface area contributed by atoms with Crippen LogP contribution in [0.25, 0.3) is 10.8 Å². The fourth-order valence-electron chi connectivity index (χ4n) is 4.80. The summed E-state index contributed by atoms with van der Waals surface area (Å²) in [6.45, 7) is 1.86. The van der Waals surface area contributed by atoms with Gasteiger partial charge in [0, 0.05) is 24.3 Å². The number of hydrogen-bond acceptors (Lipinski definition) is 2. The maximum atomic E-state index is 5.62. The van der Waals surface area contributed by atoms with Gasteiger partial charge < -0.3 is 9.64 Å². The van der Waals surface area contributed by atoms with E-state index in [9.17, 15) is 0 Å². The largest absolute Gasteiger partial charge is 0.383 e. The molecule has 0 aliphatic carbocycles. The van der Waals surface area contributed by atoms with E-state index in [0.717, 1.165) is 13.2 Å². The van der Waals surface area contributed by atoms with Crippen molar-refractivity contribution in [3.8, 4) is 0 Å². The van der Waals surface area contributed by atoms with Gasteiger partial charge in [0.05, 0.1) is 18.3 Å². The molecule has 1 aliphatic heterocycles. The van der Waals surface area contributed by atoms with Crippen molar-refractivity contribution in [3.63, 3.8) is 0 Å². The van der Waals surface area contributed by atoms with Crippen LogP contribution < -0.4 is 20.8 Å². The molecular formula is C28H28NOP. The molecule has 4 aromatic rings. The van der Waals surface area contributed by atoms with Crippen LogP contribution in [0.4, 0.5) is 5.69 Å². The fraction of sp³-hybridized carbons (Fsp3) is 0.214. The number of nitrogens with zero attached hydrogens (tertiary/aromatic N) is 1. The average Bonchev–Trinajstić information content (AvgIpc) is 3.28. The van der Waals surface area contributed by atoms with Crippen molar-refractivity contribution in [2.45, 2.75) is 18.9 Å². The highest BCUT2D eigenvalue weighted by Gasteiger charge is 2.30. The zero-order chi connectivity index (χ0) is 21.0. The maximum absolute atomic E-state index is 5.62. The van der Waals surface area contributed by atoms with E-state index in [4.69, 9.17) is 4.74 Å². The monoisotopic (exact) mass is 425 g/mol. The number of fused-ring (bicyclic) bond motifs is 1. The Hall–Kier alpha value is -2.67. The second kappa shape index (κ2) is 9.22. The Morgan fingerprint density at radius 3 is 2.13 bits per heavy atom. The summed E-state index contributed by atoms with van der Waals surface area (Å²) < 4.78 is 5.62. The molecule has 5 rings (SSSR count). The first kappa shape index (κ1) is 20.2. The minimum Gasteiger partial charge on any atom is -0.383 e. The van der Waals surface area contributed by atoms with Crippen molar-refractivity contribution in [3.05, 3.63) is 97.1 Å². The van der Waals surface area contributed by atoms with Gasteiger partial charge in [-0.15, -0.1) is 0 Å². The smallest absolute Gasteiger partial charge is 0.0666 e. The summed E-state index contributed by atoms with van der Waals surface area (Å²) in [5, 5.41) is 6.88. The van der Waals surface area contributed by atoms with E-state index in [1.165, 1.54) is 45.2 Å². The molecule has 1 heterocycles. The molecule has 0 N–H and O–H groups in total. The zero-order valence-corrected chi connectivity index (χ0v) is 18.8. The predicted octanol–water partition coefficient (Wildman–Crippen LogP) is 5.21. The summed E-state index contributed by atoms with van der Waals surface area (Å²) in [6, 6.07) is 36.0. The molecule has 1 unspecified atom stereocenters. The van der Waals surface area contributed by atoms with Gasteiger partial charge in [-0.25, -0.2) is 0 Å². The van der Waals surface area contributed by atoms with E-state index in [1.54, 1.807) is 0 Å². The van der Waals surface area contributed by atoms with Gasteiger partial charge in [0.25, 0.3) is 0 Å². The van der Waals surface area contributed by atoms with E-state index in [-0.39, 0.29) is 0 Å². The highest BCUT2D eigenvalue weighted by molar-refractivity contribution is 7.80. The van der Waals surface area contributed by atoms with Crippen molar-refractivity contribution in [2.75, 3.05) is 25.2 Å². The molecule has 31 heavy (non-hydrogen) atoms. The summed E-state index contributed by atoms with van der Waals surface area (Å²) in [5.74, 6) is 0. The summed E-state index contributed by atoms with van der Waals surface area (Å²) in [7, 11) is 1.15. The van der Waals surface area contributed by atoms with Crippen LogP contribution in [0.15, 0.2) is 97.1 Å². The first-order chi connectivity index (χ1) is 15.4. The third kappa shape index (κ3) is 3.99. The number of anilines is 1. The van der Waals surface area contributed by atoms with Crippen LogP contribution in [-0.4, -0.2) is 26.3 Å². The minimum absolute atomic E-state index is 0.429. The topological polar surface area (TPSA) is 12.5 Å². The molecular weight excluding hydrogens is 397 g/mol. The van der Waals surface area contributed by atoms with Gasteiger partial charge in [-0.3, -0.25) is 0 Å². The molecule has 1 atom stereocenters. The quantitative estimate of drug-likeness (QED) is 0.393. The van der Waals surface area contributed by atoms with Crippen LogP contribution in [0.5, 0.6) is 0 Å². The molecule has 2 nitrogen and oxygen atoms in total. The Balaban J connectivity index is 1.76. The van der Waals surface area contributed by atoms with Crippen molar-refractivity contribution >= 4 is 40.3 Å². The molecule has 1 aliphatic rings. The summed E-state index contributed by atoms with van der Waals surface area (Å²) in [4.78, 5) is 2.63. The van der Waals surface area contributed by atoms with Gasteiger partial charge in [-0.05, 0) is 36.8 Å². The average molecular weight is 426 g/mol. The maximum Gasteiger partial charge on any atom is 0.0666 e. The van der Waals surface area contributed by atoms with Crippen LogP contribution in [0, 0.1) is 0 Å². The van der Waals surface area contributed by atoms with Gasteiger partial charge in [-0.1, -0.05) is 97.1 Å². The standard InChI is InChI=1S/C28H28NOP/c1-30-21-23-12-10-20-29(23)28-26-17-9-8-11-22(26)18-19-27(28)31(24-13-4-2-5-14-24)25-15-6-3-7-16-25/h2-9,11,13-19,23H,10,12,20-21H2,1H3. The van der Waals surface area contributed by atoms with Gasteiger partial charge in [0.1, 0.15) is 0 Å². The minimum atomic E-state index is -0.667. The van der Waals surface area contributed by atoms with Crippen LogP contribution in [0.3, 0.4) is 0 Å². The lowest BCUT2D eigenvalue weighted by molar-refractivity contribution is 0.181. The Morgan fingerprint density at radius 1 is 0.806 bits per heavy atom. The fourth-order valence-corrected chi connectivity index (χ4v) is 7.28. The number of rotatable bonds is 6. The molecule has 1 fully saturated rings. The number of ether oxygens (including phenoxy) is 1. The molecule has 3 heteroatoms. The zero-order valence-electron chi connectivity index (χ0n) is 17.9. The van der Waals surface area contributed by atoms with Gasteiger partial charge in [0.2, 0.25) is 0 Å². The van der Waals surface area contributed by atoms with Gasteiger partial charge in [0.15, 0.2) is 0 Å². The van der Waals surface area contributed by atoms with Crippen molar-refractivity contribution in [2.24, 2.45) is 0 Å². The van der Waals surface area contributed by atoms with E-state index >= 15 is 0 Å². The molecule has 0 saturated carbocycles. The normalized spacial score (nSPS) is 16.3. The molecule has 4 aromatic carbocycles. The SMILES string of the molecule is COCC1CCCN1c1c(P(c2ccccc2)c2ccccc2)ccc2ccccc12. The third-order valence-electron chi connectivity index (χ3n) is 6.17. The highest BCUT2D eigenvalue weighted by Crippen LogP contribution is 2.41. The van der Waals surface area contributed by atoms with Crippen LogP contribution in [0.2, 0.25) is 0 Å². The first-order valence-corrected chi connectivity index (χ1v) is 12.4. The molecule has 156 valence electrons. The van der Waals surface area contributed by atoms with Crippen molar-refractivity contribution in [1.82, 2.24) is 0 Å².